The molecule has 0 aromatic rings. The van der Waals surface area contributed by atoms with Crippen molar-refractivity contribution in [1.29, 1.82) is 0 Å². The van der Waals surface area contributed by atoms with E-state index in [9.17, 15) is 4.79 Å². The van der Waals surface area contributed by atoms with Gasteiger partial charge in [-0.2, -0.15) is 0 Å². The summed E-state index contributed by atoms with van der Waals surface area (Å²) < 4.78 is 12.7. The molecule has 0 spiro atoms. The lowest BCUT2D eigenvalue weighted by Gasteiger charge is -2.55. The van der Waals surface area contributed by atoms with Crippen LogP contribution in [0.5, 0.6) is 0 Å². The van der Waals surface area contributed by atoms with Gasteiger partial charge in [0.25, 0.3) is 0 Å². The molecule has 1 fully saturated rings. The van der Waals surface area contributed by atoms with Gasteiger partial charge in [-0.25, -0.2) is 0 Å². The summed E-state index contributed by atoms with van der Waals surface area (Å²) in [5.41, 5.74) is -0.275. The Morgan fingerprint density at radius 1 is 0.913 bits per heavy atom. The van der Waals surface area contributed by atoms with Crippen molar-refractivity contribution >= 4 is 5.78 Å². The average molecular weight is 327 g/mol. The molecule has 1 rings (SSSR count). The highest BCUT2D eigenvalue weighted by Gasteiger charge is 2.56. The highest BCUT2D eigenvalue weighted by atomic mass is 16.7. The van der Waals surface area contributed by atoms with Gasteiger partial charge in [-0.05, 0) is 29.6 Å². The second-order valence-electron chi connectivity index (χ2n) is 9.69. The highest BCUT2D eigenvalue weighted by Crippen LogP contribution is 2.56. The number of rotatable bonds is 7. The van der Waals surface area contributed by atoms with E-state index >= 15 is 0 Å². The van der Waals surface area contributed by atoms with Crippen molar-refractivity contribution < 1.29 is 14.3 Å². The van der Waals surface area contributed by atoms with E-state index < -0.39 is 5.79 Å². The molecule has 0 bridgehead atoms. The summed E-state index contributed by atoms with van der Waals surface area (Å²) in [6.45, 7) is 20.5. The fourth-order valence-electron chi connectivity index (χ4n) is 4.70. The number of hydrogen-bond acceptors (Lipinski definition) is 3. The maximum Gasteiger partial charge on any atom is 0.169 e. The summed E-state index contributed by atoms with van der Waals surface area (Å²) in [5.74, 6) is 0.667. The van der Waals surface area contributed by atoms with Crippen LogP contribution in [0.4, 0.5) is 0 Å². The lowest BCUT2D eigenvalue weighted by molar-refractivity contribution is -0.298. The summed E-state index contributed by atoms with van der Waals surface area (Å²) in [6, 6.07) is 0. The Balaban J connectivity index is 3.12. The summed E-state index contributed by atoms with van der Waals surface area (Å²) in [6.07, 6.45) is 1.54. The van der Waals surface area contributed by atoms with Crippen LogP contribution < -0.4 is 0 Å². The van der Waals surface area contributed by atoms with E-state index in [4.69, 9.17) is 9.47 Å². The number of carbonyl (C=O) groups excluding carboxylic acids is 1. The predicted octanol–water partition coefficient (Wildman–Crippen LogP) is 5.08. The molecule has 0 aromatic carbocycles. The fourth-order valence-corrected chi connectivity index (χ4v) is 4.70. The molecular weight excluding hydrogens is 288 g/mol. The van der Waals surface area contributed by atoms with Crippen LogP contribution in [0.2, 0.25) is 0 Å². The van der Waals surface area contributed by atoms with Gasteiger partial charge in [-0.3, -0.25) is 4.79 Å². The van der Waals surface area contributed by atoms with Crippen LogP contribution in [0.15, 0.2) is 0 Å². The minimum atomic E-state index is -0.576. The van der Waals surface area contributed by atoms with Crippen molar-refractivity contribution in [2.75, 3.05) is 13.2 Å². The molecule has 0 unspecified atom stereocenters. The van der Waals surface area contributed by atoms with Crippen molar-refractivity contribution in [3.63, 3.8) is 0 Å². The molecular formula is C20H38O3. The van der Waals surface area contributed by atoms with Crippen molar-refractivity contribution in [3.05, 3.63) is 0 Å². The van der Waals surface area contributed by atoms with E-state index in [-0.39, 0.29) is 22.5 Å². The van der Waals surface area contributed by atoms with E-state index in [2.05, 4.69) is 55.4 Å². The Kier molecular flexibility index (Phi) is 6.48. The summed E-state index contributed by atoms with van der Waals surface area (Å²) >= 11 is 0. The molecule has 0 amide bonds. The average Bonchev–Trinajstić information content (AvgIpc) is 2.30. The minimum Gasteiger partial charge on any atom is -0.350 e. The smallest absolute Gasteiger partial charge is 0.169 e. The molecule has 0 heterocycles. The Hall–Kier alpha value is -0.410. The number of Topliss-reactive ketones (excluding diaryl/α,β-unsaturated/α-hetero) is 1. The topological polar surface area (TPSA) is 35.5 Å². The first kappa shape index (κ1) is 20.6. The molecule has 1 aliphatic rings. The van der Waals surface area contributed by atoms with Crippen molar-refractivity contribution in [2.24, 2.45) is 28.6 Å². The quantitative estimate of drug-likeness (QED) is 0.612. The van der Waals surface area contributed by atoms with Crippen LogP contribution in [0, 0.1) is 28.6 Å². The molecule has 1 aliphatic carbocycles. The van der Waals surface area contributed by atoms with Gasteiger partial charge in [0, 0.05) is 18.8 Å². The minimum absolute atomic E-state index is 0.0356. The van der Waals surface area contributed by atoms with Gasteiger partial charge in [0.1, 0.15) is 5.78 Å². The van der Waals surface area contributed by atoms with Crippen molar-refractivity contribution in [3.8, 4) is 0 Å². The number of ether oxygens (including phenoxy) is 2. The molecule has 0 aliphatic heterocycles. The van der Waals surface area contributed by atoms with Gasteiger partial charge >= 0.3 is 0 Å². The third-order valence-electron chi connectivity index (χ3n) is 4.78. The predicted molar refractivity (Wildman–Crippen MR) is 95.3 cm³/mol. The van der Waals surface area contributed by atoms with Crippen molar-refractivity contribution in [2.45, 2.75) is 80.9 Å². The molecule has 0 aromatic heterocycles. The number of hydrogen-bond donors (Lipinski definition) is 0. The first-order valence-corrected chi connectivity index (χ1v) is 9.10. The Labute approximate surface area is 143 Å². The van der Waals surface area contributed by atoms with Crippen LogP contribution in [-0.2, 0) is 14.3 Å². The van der Waals surface area contributed by atoms with E-state index in [1.54, 1.807) is 6.92 Å². The Bertz CT molecular complexity index is 375. The maximum absolute atomic E-state index is 12.3. The van der Waals surface area contributed by atoms with Gasteiger partial charge in [-0.15, -0.1) is 0 Å². The van der Waals surface area contributed by atoms with E-state index in [0.717, 1.165) is 12.8 Å². The van der Waals surface area contributed by atoms with E-state index in [0.29, 0.717) is 25.0 Å². The zero-order valence-electron chi connectivity index (χ0n) is 16.8. The molecule has 0 N–H and O–H groups in total. The normalized spacial score (nSPS) is 23.4. The van der Waals surface area contributed by atoms with Crippen LogP contribution in [0.3, 0.4) is 0 Å². The van der Waals surface area contributed by atoms with Gasteiger partial charge in [0.05, 0.1) is 13.2 Å². The summed E-state index contributed by atoms with van der Waals surface area (Å²) in [7, 11) is 0. The van der Waals surface area contributed by atoms with Gasteiger partial charge in [-0.1, -0.05) is 55.4 Å². The second-order valence-corrected chi connectivity index (χ2v) is 9.69. The molecule has 0 saturated heterocycles. The monoisotopic (exact) mass is 326 g/mol. The first-order chi connectivity index (χ1) is 10.3. The summed E-state index contributed by atoms with van der Waals surface area (Å²) in [5, 5.41) is 0. The van der Waals surface area contributed by atoms with Crippen LogP contribution in [-0.4, -0.2) is 24.8 Å². The molecule has 0 radical (unpaired) electrons. The third-order valence-corrected chi connectivity index (χ3v) is 4.78. The first-order valence-electron chi connectivity index (χ1n) is 9.10. The second kappa shape index (κ2) is 7.23. The summed E-state index contributed by atoms with van der Waals surface area (Å²) in [4.78, 5) is 12.3. The number of carbonyl (C=O) groups is 1. The lowest BCUT2D eigenvalue weighted by Crippen LogP contribution is -2.57. The lowest BCUT2D eigenvalue weighted by atomic mass is 9.54. The highest BCUT2D eigenvalue weighted by molar-refractivity contribution is 5.80. The van der Waals surface area contributed by atoms with Crippen LogP contribution in [0.25, 0.3) is 0 Å². The SMILES string of the molecule is CC(=O)C1C(C)(C)CC(OCC(C)C)(OCC(C)C)CC1(C)C. The molecule has 23 heavy (non-hydrogen) atoms. The van der Waals surface area contributed by atoms with Crippen LogP contribution >= 0.6 is 0 Å². The molecule has 0 atom stereocenters. The van der Waals surface area contributed by atoms with Gasteiger partial charge < -0.3 is 9.47 Å². The van der Waals surface area contributed by atoms with Gasteiger partial charge in [0.15, 0.2) is 5.79 Å². The largest absolute Gasteiger partial charge is 0.350 e. The maximum atomic E-state index is 12.3. The standard InChI is InChI=1S/C20H38O3/c1-14(2)10-22-20(23-11-15(3)4)12-18(6,7)17(16(5)21)19(8,9)13-20/h14-15,17H,10-13H2,1-9H3. The van der Waals surface area contributed by atoms with Crippen molar-refractivity contribution in [1.82, 2.24) is 0 Å². The Morgan fingerprint density at radius 2 is 1.26 bits per heavy atom. The Morgan fingerprint density at radius 3 is 1.52 bits per heavy atom. The molecule has 3 heteroatoms. The van der Waals surface area contributed by atoms with E-state index in [1.807, 2.05) is 0 Å². The zero-order chi connectivity index (χ0) is 18.1. The van der Waals surface area contributed by atoms with Gasteiger partial charge in [0.2, 0.25) is 0 Å². The number of ketones is 1. The molecule has 1 saturated carbocycles. The third kappa shape index (κ3) is 5.29. The zero-order valence-corrected chi connectivity index (χ0v) is 16.8. The van der Waals surface area contributed by atoms with Crippen LogP contribution in [0.1, 0.15) is 75.2 Å². The fraction of sp³-hybridized carbons (Fsp3) is 0.950. The van der Waals surface area contributed by atoms with E-state index in [1.165, 1.54) is 0 Å². The molecule has 3 nitrogen and oxygen atoms in total. The molecule has 136 valence electrons.